The Morgan fingerprint density at radius 2 is 2.06 bits per heavy atom. The van der Waals surface area contributed by atoms with Crippen LogP contribution in [0.2, 0.25) is 0 Å². The number of hydrogen-bond acceptors (Lipinski definition) is 3. The molecule has 2 rings (SSSR count). The Balaban J connectivity index is 2.58. The van der Waals surface area contributed by atoms with Crippen LogP contribution in [-0.4, -0.2) is 11.0 Å². The number of nitrogens with zero attached hydrogens (tertiary/aromatic N) is 1. The number of rotatable bonds is 2. The zero-order chi connectivity index (χ0) is 12.4. The number of nitrogens with two attached hydrogens (primary N) is 1. The molecule has 2 aromatic carbocycles. The van der Waals surface area contributed by atoms with Gasteiger partial charge in [-0.05, 0) is 17.5 Å². The van der Waals surface area contributed by atoms with Gasteiger partial charge in [-0.25, -0.2) is 4.79 Å². The number of non-ortho nitro benzene ring substituents is 1. The molecule has 2 aromatic rings. The van der Waals surface area contributed by atoms with Crippen LogP contribution in [0.5, 0.6) is 0 Å². The zero-order valence-corrected chi connectivity index (χ0v) is 8.71. The van der Waals surface area contributed by atoms with Gasteiger partial charge in [-0.15, -0.1) is 0 Å². The van der Waals surface area contributed by atoms with Crippen LogP contribution in [0.3, 0.4) is 0 Å². The number of nitrogens with one attached hydrogen (secondary N) is 1. The molecule has 0 heterocycles. The Bertz CT molecular complexity index is 610. The van der Waals surface area contributed by atoms with Gasteiger partial charge < -0.3 is 11.1 Å². The maximum atomic E-state index is 10.8. The van der Waals surface area contributed by atoms with E-state index >= 15 is 0 Å². The maximum Gasteiger partial charge on any atom is 0.316 e. The highest BCUT2D eigenvalue weighted by Crippen LogP contribution is 2.26. The van der Waals surface area contributed by atoms with E-state index in [0.717, 1.165) is 0 Å². The third-order valence-electron chi connectivity index (χ3n) is 2.33. The van der Waals surface area contributed by atoms with E-state index in [-0.39, 0.29) is 5.69 Å². The van der Waals surface area contributed by atoms with E-state index in [1.807, 2.05) is 0 Å². The summed E-state index contributed by atoms with van der Waals surface area (Å²) in [5.41, 5.74) is 5.58. The van der Waals surface area contributed by atoms with Crippen LogP contribution in [0.25, 0.3) is 10.8 Å². The molecule has 17 heavy (non-hydrogen) atoms. The normalized spacial score (nSPS) is 10.1. The van der Waals surface area contributed by atoms with Crippen molar-refractivity contribution in [2.24, 2.45) is 5.73 Å². The molecular formula is C11H9N3O3. The molecule has 0 unspecified atom stereocenters. The molecule has 86 valence electrons. The predicted octanol–water partition coefficient (Wildman–Crippen LogP) is 2.24. The quantitative estimate of drug-likeness (QED) is 0.612. The highest BCUT2D eigenvalue weighted by molar-refractivity contribution is 6.01. The smallest absolute Gasteiger partial charge is 0.316 e. The molecule has 0 saturated heterocycles. The van der Waals surface area contributed by atoms with Crippen molar-refractivity contribution >= 4 is 28.2 Å². The Hall–Kier alpha value is -2.63. The molecule has 2 amide bonds. The van der Waals surface area contributed by atoms with Crippen LogP contribution in [0, 0.1) is 10.1 Å². The molecule has 6 heteroatoms. The number of carbonyl (C=O) groups excluding carboxylic acids is 1. The molecule has 0 aliphatic heterocycles. The summed E-state index contributed by atoms with van der Waals surface area (Å²) in [6, 6.07) is 8.84. The lowest BCUT2D eigenvalue weighted by Crippen LogP contribution is -2.19. The number of anilines is 1. The van der Waals surface area contributed by atoms with E-state index in [4.69, 9.17) is 5.73 Å². The van der Waals surface area contributed by atoms with Crippen LogP contribution in [0.15, 0.2) is 36.4 Å². The van der Waals surface area contributed by atoms with Crippen molar-refractivity contribution in [1.29, 1.82) is 0 Å². The molecule has 0 saturated carbocycles. The standard InChI is InChI=1S/C11H9N3O3/c12-11(15)13-10-3-1-2-7-6-8(14(16)17)4-5-9(7)10/h1-6H,(H3,12,13,15). The molecule has 0 aliphatic rings. The average Bonchev–Trinajstić information content (AvgIpc) is 2.28. The lowest BCUT2D eigenvalue weighted by atomic mass is 10.1. The highest BCUT2D eigenvalue weighted by Gasteiger charge is 2.08. The number of primary amides is 1. The van der Waals surface area contributed by atoms with Crippen molar-refractivity contribution in [2.45, 2.75) is 0 Å². The summed E-state index contributed by atoms with van der Waals surface area (Å²) in [7, 11) is 0. The first kappa shape index (κ1) is 10.9. The zero-order valence-electron chi connectivity index (χ0n) is 8.71. The highest BCUT2D eigenvalue weighted by atomic mass is 16.6. The summed E-state index contributed by atoms with van der Waals surface area (Å²) in [6.45, 7) is 0. The van der Waals surface area contributed by atoms with Crippen LogP contribution in [-0.2, 0) is 0 Å². The summed E-state index contributed by atoms with van der Waals surface area (Å²) < 4.78 is 0. The summed E-state index contributed by atoms with van der Waals surface area (Å²) in [5, 5.41) is 14.5. The van der Waals surface area contributed by atoms with E-state index < -0.39 is 11.0 Å². The van der Waals surface area contributed by atoms with E-state index in [1.54, 1.807) is 24.3 Å². The first-order chi connectivity index (χ1) is 8.08. The van der Waals surface area contributed by atoms with E-state index in [0.29, 0.717) is 16.5 Å². The summed E-state index contributed by atoms with van der Waals surface area (Å²) >= 11 is 0. The van der Waals surface area contributed by atoms with Crippen molar-refractivity contribution < 1.29 is 9.72 Å². The molecule has 0 bridgehead atoms. The van der Waals surface area contributed by atoms with Gasteiger partial charge in [0.25, 0.3) is 5.69 Å². The van der Waals surface area contributed by atoms with Gasteiger partial charge in [-0.1, -0.05) is 12.1 Å². The minimum atomic E-state index is -0.671. The van der Waals surface area contributed by atoms with Crippen LogP contribution in [0.1, 0.15) is 0 Å². The fraction of sp³-hybridized carbons (Fsp3) is 0. The molecular weight excluding hydrogens is 222 g/mol. The first-order valence-electron chi connectivity index (χ1n) is 4.81. The second kappa shape index (κ2) is 4.09. The van der Waals surface area contributed by atoms with Crippen LogP contribution in [0.4, 0.5) is 16.2 Å². The minimum absolute atomic E-state index is 0.00808. The fourth-order valence-electron chi connectivity index (χ4n) is 1.63. The van der Waals surface area contributed by atoms with Gasteiger partial charge in [-0.3, -0.25) is 10.1 Å². The fourth-order valence-corrected chi connectivity index (χ4v) is 1.63. The number of hydrogen-bond donors (Lipinski definition) is 2. The molecule has 0 spiro atoms. The van der Waals surface area contributed by atoms with Crippen molar-refractivity contribution in [2.75, 3.05) is 5.32 Å². The van der Waals surface area contributed by atoms with Crippen LogP contribution < -0.4 is 11.1 Å². The SMILES string of the molecule is NC(=O)Nc1cccc2cc([N+](=O)[O-])ccc12. The van der Waals surface area contributed by atoms with E-state index in [1.165, 1.54) is 12.1 Å². The minimum Gasteiger partial charge on any atom is -0.351 e. The Morgan fingerprint density at radius 1 is 1.29 bits per heavy atom. The molecule has 0 aromatic heterocycles. The average molecular weight is 231 g/mol. The summed E-state index contributed by atoms with van der Waals surface area (Å²) in [4.78, 5) is 20.9. The van der Waals surface area contributed by atoms with Crippen molar-refractivity contribution in [3.05, 3.63) is 46.5 Å². The lowest BCUT2D eigenvalue weighted by Gasteiger charge is -2.06. The van der Waals surface area contributed by atoms with Gasteiger partial charge in [0.1, 0.15) is 0 Å². The van der Waals surface area contributed by atoms with Gasteiger partial charge in [-0.2, -0.15) is 0 Å². The summed E-state index contributed by atoms with van der Waals surface area (Å²) in [5.74, 6) is 0. The van der Waals surface area contributed by atoms with Crippen molar-refractivity contribution in [3.8, 4) is 0 Å². The lowest BCUT2D eigenvalue weighted by molar-refractivity contribution is -0.384. The largest absolute Gasteiger partial charge is 0.351 e. The van der Waals surface area contributed by atoms with Gasteiger partial charge in [0.2, 0.25) is 0 Å². The number of benzene rings is 2. The third-order valence-corrected chi connectivity index (χ3v) is 2.33. The molecule has 0 aliphatic carbocycles. The number of fused-ring (bicyclic) bond motifs is 1. The second-order valence-corrected chi connectivity index (χ2v) is 3.46. The topological polar surface area (TPSA) is 98.3 Å². The number of carbonyl (C=O) groups is 1. The molecule has 0 radical (unpaired) electrons. The Labute approximate surface area is 96.2 Å². The van der Waals surface area contributed by atoms with Gasteiger partial charge >= 0.3 is 6.03 Å². The van der Waals surface area contributed by atoms with E-state index in [2.05, 4.69) is 5.32 Å². The van der Waals surface area contributed by atoms with Gasteiger partial charge in [0, 0.05) is 17.5 Å². The monoisotopic (exact) mass is 231 g/mol. The van der Waals surface area contributed by atoms with Crippen molar-refractivity contribution in [1.82, 2.24) is 0 Å². The number of amides is 2. The third kappa shape index (κ3) is 2.15. The van der Waals surface area contributed by atoms with Crippen LogP contribution >= 0.6 is 0 Å². The van der Waals surface area contributed by atoms with E-state index in [9.17, 15) is 14.9 Å². The number of nitro groups is 1. The second-order valence-electron chi connectivity index (χ2n) is 3.46. The Morgan fingerprint density at radius 3 is 2.71 bits per heavy atom. The molecule has 6 nitrogen and oxygen atoms in total. The predicted molar refractivity (Wildman–Crippen MR) is 63.8 cm³/mol. The first-order valence-corrected chi connectivity index (χ1v) is 4.81. The Kier molecular flexibility index (Phi) is 2.61. The molecule has 0 fully saturated rings. The van der Waals surface area contributed by atoms with Gasteiger partial charge in [0.05, 0.1) is 10.6 Å². The number of urea groups is 1. The molecule has 3 N–H and O–H groups in total. The maximum absolute atomic E-state index is 10.8. The summed E-state index contributed by atoms with van der Waals surface area (Å²) in [6.07, 6.45) is 0. The number of nitro benzene ring substituents is 1. The molecule has 0 atom stereocenters. The van der Waals surface area contributed by atoms with Gasteiger partial charge in [0.15, 0.2) is 0 Å². The van der Waals surface area contributed by atoms with Crippen molar-refractivity contribution in [3.63, 3.8) is 0 Å².